The predicted octanol–water partition coefficient (Wildman–Crippen LogP) is 2.38. The zero-order chi connectivity index (χ0) is 14.4. The van der Waals surface area contributed by atoms with Crippen molar-refractivity contribution in [2.75, 3.05) is 18.4 Å². The van der Waals surface area contributed by atoms with E-state index < -0.39 is 0 Å². The van der Waals surface area contributed by atoms with Crippen LogP contribution in [0.2, 0.25) is 0 Å². The Bertz CT molecular complexity index is 439. The van der Waals surface area contributed by atoms with Gasteiger partial charge in [-0.25, -0.2) is 0 Å². The highest BCUT2D eigenvalue weighted by atomic mass is 16.1. The Hall–Kier alpha value is -1.55. The van der Waals surface area contributed by atoms with Gasteiger partial charge in [0.15, 0.2) is 0 Å². The number of rotatable bonds is 5. The molecular weight excluding hydrogens is 250 g/mol. The van der Waals surface area contributed by atoms with E-state index in [0.717, 1.165) is 18.8 Å². The summed E-state index contributed by atoms with van der Waals surface area (Å²) in [6, 6.07) is 8.39. The molecule has 0 radical (unpaired) electrons. The van der Waals surface area contributed by atoms with Crippen molar-refractivity contribution in [2.45, 2.75) is 45.2 Å². The average Bonchev–Trinajstić information content (AvgIpc) is 2.46. The van der Waals surface area contributed by atoms with Gasteiger partial charge in [-0.3, -0.25) is 4.79 Å². The lowest BCUT2D eigenvalue weighted by Gasteiger charge is -2.24. The maximum Gasteiger partial charge on any atom is 0.251 e. The fourth-order valence-corrected chi connectivity index (χ4v) is 2.46. The number of hydrogen-bond acceptors (Lipinski definition) is 3. The second-order valence-corrected chi connectivity index (χ2v) is 5.74. The molecule has 2 rings (SSSR count). The number of benzene rings is 1. The first-order valence-electron chi connectivity index (χ1n) is 7.53. The van der Waals surface area contributed by atoms with Crippen LogP contribution in [0.1, 0.15) is 43.5 Å². The van der Waals surface area contributed by atoms with Gasteiger partial charge in [0.25, 0.3) is 5.91 Å². The third-order valence-electron chi connectivity index (χ3n) is 3.51. The molecule has 20 heavy (non-hydrogen) atoms. The van der Waals surface area contributed by atoms with Crippen molar-refractivity contribution in [2.24, 2.45) is 0 Å². The van der Waals surface area contributed by atoms with E-state index in [2.05, 4.69) is 16.0 Å². The van der Waals surface area contributed by atoms with E-state index in [9.17, 15) is 4.79 Å². The van der Waals surface area contributed by atoms with Gasteiger partial charge in [0.05, 0.1) is 0 Å². The molecule has 1 saturated heterocycles. The zero-order valence-corrected chi connectivity index (χ0v) is 12.4. The topological polar surface area (TPSA) is 53.2 Å². The van der Waals surface area contributed by atoms with E-state index >= 15 is 0 Å². The number of piperidine rings is 1. The highest BCUT2D eigenvalue weighted by Gasteiger charge is 2.12. The second-order valence-electron chi connectivity index (χ2n) is 5.74. The Morgan fingerprint density at radius 3 is 2.95 bits per heavy atom. The van der Waals surface area contributed by atoms with E-state index in [4.69, 9.17) is 0 Å². The van der Waals surface area contributed by atoms with Crippen LogP contribution in [0, 0.1) is 0 Å². The first kappa shape index (κ1) is 14.9. The molecule has 4 nitrogen and oxygen atoms in total. The van der Waals surface area contributed by atoms with Crippen LogP contribution in [0.15, 0.2) is 24.3 Å². The molecule has 0 spiro atoms. The number of hydrogen-bond donors (Lipinski definition) is 3. The van der Waals surface area contributed by atoms with Crippen LogP contribution in [-0.2, 0) is 0 Å². The number of anilines is 1. The van der Waals surface area contributed by atoms with E-state index in [1.165, 1.54) is 19.3 Å². The molecule has 1 amide bonds. The van der Waals surface area contributed by atoms with Crippen molar-refractivity contribution in [3.05, 3.63) is 29.8 Å². The van der Waals surface area contributed by atoms with Crippen LogP contribution in [0.25, 0.3) is 0 Å². The maximum absolute atomic E-state index is 12.0. The van der Waals surface area contributed by atoms with Crippen LogP contribution in [0.5, 0.6) is 0 Å². The Morgan fingerprint density at radius 1 is 1.40 bits per heavy atom. The van der Waals surface area contributed by atoms with Crippen LogP contribution in [-0.4, -0.2) is 31.1 Å². The molecule has 1 aliphatic rings. The summed E-state index contributed by atoms with van der Waals surface area (Å²) < 4.78 is 0. The molecule has 0 aromatic heterocycles. The minimum absolute atomic E-state index is 0.0144. The Labute approximate surface area is 121 Å². The number of carbonyl (C=O) groups excluding carboxylic acids is 1. The SMILES string of the molecule is CC(C)NC(=O)c1cccc(NCC2CCCCN2)c1. The highest BCUT2D eigenvalue weighted by Crippen LogP contribution is 2.13. The van der Waals surface area contributed by atoms with Crippen LogP contribution in [0.4, 0.5) is 5.69 Å². The predicted molar refractivity (Wildman–Crippen MR) is 83.2 cm³/mol. The van der Waals surface area contributed by atoms with E-state index in [1.54, 1.807) is 0 Å². The molecule has 0 saturated carbocycles. The molecule has 0 aliphatic carbocycles. The third kappa shape index (κ3) is 4.53. The lowest BCUT2D eigenvalue weighted by molar-refractivity contribution is 0.0943. The van der Waals surface area contributed by atoms with Crippen LogP contribution >= 0.6 is 0 Å². The third-order valence-corrected chi connectivity index (χ3v) is 3.51. The second kappa shape index (κ2) is 7.29. The van der Waals surface area contributed by atoms with Gasteiger partial charge in [0.1, 0.15) is 0 Å². The largest absolute Gasteiger partial charge is 0.383 e. The fourth-order valence-electron chi connectivity index (χ4n) is 2.46. The van der Waals surface area contributed by atoms with Gasteiger partial charge in [-0.1, -0.05) is 12.5 Å². The van der Waals surface area contributed by atoms with Crippen LogP contribution < -0.4 is 16.0 Å². The van der Waals surface area contributed by atoms with Gasteiger partial charge in [-0.05, 0) is 51.4 Å². The minimum Gasteiger partial charge on any atom is -0.383 e. The average molecular weight is 275 g/mol. The van der Waals surface area contributed by atoms with Gasteiger partial charge in [0.2, 0.25) is 0 Å². The lowest BCUT2D eigenvalue weighted by Crippen LogP contribution is -2.39. The van der Waals surface area contributed by atoms with Crippen molar-refractivity contribution < 1.29 is 4.79 Å². The first-order valence-corrected chi connectivity index (χ1v) is 7.53. The molecule has 1 aromatic carbocycles. The van der Waals surface area contributed by atoms with Gasteiger partial charge in [-0.15, -0.1) is 0 Å². The quantitative estimate of drug-likeness (QED) is 0.773. The summed E-state index contributed by atoms with van der Waals surface area (Å²) in [5.74, 6) is -0.0144. The zero-order valence-electron chi connectivity index (χ0n) is 12.4. The summed E-state index contributed by atoms with van der Waals surface area (Å²) in [6.45, 7) is 5.96. The summed E-state index contributed by atoms with van der Waals surface area (Å²) >= 11 is 0. The van der Waals surface area contributed by atoms with Gasteiger partial charge >= 0.3 is 0 Å². The van der Waals surface area contributed by atoms with E-state index in [-0.39, 0.29) is 11.9 Å². The molecule has 1 fully saturated rings. The molecule has 4 heteroatoms. The molecule has 3 N–H and O–H groups in total. The number of carbonyl (C=O) groups is 1. The van der Waals surface area contributed by atoms with Crippen molar-refractivity contribution in [3.63, 3.8) is 0 Å². The van der Waals surface area contributed by atoms with Crippen molar-refractivity contribution in [1.82, 2.24) is 10.6 Å². The summed E-state index contributed by atoms with van der Waals surface area (Å²) in [5.41, 5.74) is 1.72. The van der Waals surface area contributed by atoms with Crippen molar-refractivity contribution in [1.29, 1.82) is 0 Å². The minimum atomic E-state index is -0.0144. The molecule has 1 aliphatic heterocycles. The monoisotopic (exact) mass is 275 g/mol. The molecule has 110 valence electrons. The summed E-state index contributed by atoms with van der Waals surface area (Å²) in [5, 5.41) is 9.84. The normalized spacial score (nSPS) is 18.9. The molecule has 1 aromatic rings. The first-order chi connectivity index (χ1) is 9.65. The van der Waals surface area contributed by atoms with E-state index in [1.807, 2.05) is 38.1 Å². The molecular formula is C16H25N3O. The number of nitrogens with one attached hydrogen (secondary N) is 3. The highest BCUT2D eigenvalue weighted by molar-refractivity contribution is 5.95. The van der Waals surface area contributed by atoms with Gasteiger partial charge in [0, 0.05) is 29.9 Å². The Morgan fingerprint density at radius 2 is 2.25 bits per heavy atom. The lowest BCUT2D eigenvalue weighted by atomic mass is 10.0. The van der Waals surface area contributed by atoms with E-state index in [0.29, 0.717) is 11.6 Å². The maximum atomic E-state index is 12.0. The molecule has 0 bridgehead atoms. The Balaban J connectivity index is 1.90. The summed E-state index contributed by atoms with van der Waals surface area (Å²) in [7, 11) is 0. The summed E-state index contributed by atoms with van der Waals surface area (Å²) in [4.78, 5) is 12.0. The molecule has 1 unspecified atom stereocenters. The molecule has 1 atom stereocenters. The van der Waals surface area contributed by atoms with Gasteiger partial charge < -0.3 is 16.0 Å². The smallest absolute Gasteiger partial charge is 0.251 e. The summed E-state index contributed by atoms with van der Waals surface area (Å²) in [6.07, 6.45) is 3.80. The van der Waals surface area contributed by atoms with Crippen LogP contribution in [0.3, 0.4) is 0 Å². The van der Waals surface area contributed by atoms with Crippen molar-refractivity contribution in [3.8, 4) is 0 Å². The fraction of sp³-hybridized carbons (Fsp3) is 0.562. The number of amides is 1. The Kier molecular flexibility index (Phi) is 5.41. The van der Waals surface area contributed by atoms with Crippen molar-refractivity contribution >= 4 is 11.6 Å². The molecule has 1 heterocycles. The van der Waals surface area contributed by atoms with Gasteiger partial charge in [-0.2, -0.15) is 0 Å². The standard InChI is InChI=1S/C16H25N3O/c1-12(2)19-16(20)13-6-5-8-14(10-13)18-11-15-7-3-4-9-17-15/h5-6,8,10,12,15,17-18H,3-4,7,9,11H2,1-2H3,(H,19,20).